The predicted molar refractivity (Wildman–Crippen MR) is 81.9 cm³/mol. The number of pyridine rings is 1. The smallest absolute Gasteiger partial charge is 0.266 e. The number of aromatic nitrogens is 2. The predicted octanol–water partition coefficient (Wildman–Crippen LogP) is 2.61. The third kappa shape index (κ3) is 2.25. The Morgan fingerprint density at radius 2 is 2.30 bits per heavy atom. The van der Waals surface area contributed by atoms with Gasteiger partial charge < -0.3 is 10.6 Å². The Balaban J connectivity index is 1.90. The van der Waals surface area contributed by atoms with Crippen LogP contribution in [0.5, 0.6) is 0 Å². The van der Waals surface area contributed by atoms with Crippen molar-refractivity contribution in [3.8, 4) is 0 Å². The van der Waals surface area contributed by atoms with Crippen LogP contribution in [0.4, 0.5) is 5.69 Å². The van der Waals surface area contributed by atoms with Crippen LogP contribution in [0.1, 0.15) is 15.4 Å². The highest BCUT2D eigenvalue weighted by molar-refractivity contribution is 7.21. The maximum absolute atomic E-state index is 12.5. The fourth-order valence-electron chi connectivity index (χ4n) is 1.91. The Morgan fingerprint density at radius 3 is 3.00 bits per heavy atom. The highest BCUT2D eigenvalue weighted by atomic mass is 32.1. The summed E-state index contributed by atoms with van der Waals surface area (Å²) >= 11 is 2.89. The van der Waals surface area contributed by atoms with Crippen molar-refractivity contribution < 1.29 is 4.79 Å². The Labute approximate surface area is 123 Å². The molecule has 0 aliphatic rings. The Bertz CT molecular complexity index is 751. The van der Waals surface area contributed by atoms with E-state index in [0.717, 1.165) is 10.4 Å². The number of amides is 1. The first-order valence-electron chi connectivity index (χ1n) is 5.92. The number of thiophene rings is 1. The van der Waals surface area contributed by atoms with Gasteiger partial charge in [-0.2, -0.15) is 0 Å². The maximum atomic E-state index is 12.5. The van der Waals surface area contributed by atoms with E-state index in [4.69, 9.17) is 5.73 Å². The van der Waals surface area contributed by atoms with Gasteiger partial charge in [0.2, 0.25) is 0 Å². The molecule has 3 aromatic heterocycles. The van der Waals surface area contributed by atoms with Crippen molar-refractivity contribution >= 4 is 44.5 Å². The standard InChI is InChI=1S/C13H12N4OS2/c1-17(5-8-6-19-7-16-8)13(18)12-10(14)11-9(20-12)3-2-4-15-11/h2-4,6-7H,5,14H2,1H3. The zero-order valence-corrected chi connectivity index (χ0v) is 12.4. The summed E-state index contributed by atoms with van der Waals surface area (Å²) in [5.74, 6) is -0.0986. The van der Waals surface area contributed by atoms with Gasteiger partial charge in [-0.15, -0.1) is 22.7 Å². The summed E-state index contributed by atoms with van der Waals surface area (Å²) in [6.45, 7) is 0.476. The van der Waals surface area contributed by atoms with Crippen LogP contribution in [0.15, 0.2) is 29.2 Å². The largest absolute Gasteiger partial charge is 0.396 e. The summed E-state index contributed by atoms with van der Waals surface area (Å²) in [7, 11) is 1.75. The van der Waals surface area contributed by atoms with E-state index in [1.54, 1.807) is 23.7 Å². The molecule has 102 valence electrons. The van der Waals surface area contributed by atoms with Crippen LogP contribution in [-0.2, 0) is 6.54 Å². The summed E-state index contributed by atoms with van der Waals surface area (Å²) < 4.78 is 0.926. The molecular formula is C13H12N4OS2. The molecular weight excluding hydrogens is 292 g/mol. The van der Waals surface area contributed by atoms with Crippen LogP contribution in [0.2, 0.25) is 0 Å². The molecule has 3 rings (SSSR count). The highest BCUT2D eigenvalue weighted by Gasteiger charge is 2.20. The SMILES string of the molecule is CN(Cc1cscn1)C(=O)c1sc2cccnc2c1N. The molecule has 0 saturated carbocycles. The average Bonchev–Trinajstić information content (AvgIpc) is 3.07. The molecule has 0 unspecified atom stereocenters. The Morgan fingerprint density at radius 1 is 1.45 bits per heavy atom. The normalized spacial score (nSPS) is 10.8. The molecule has 3 heterocycles. The van der Waals surface area contributed by atoms with E-state index in [1.807, 2.05) is 17.5 Å². The van der Waals surface area contributed by atoms with Crippen molar-refractivity contribution in [2.24, 2.45) is 0 Å². The first-order valence-corrected chi connectivity index (χ1v) is 7.68. The van der Waals surface area contributed by atoms with E-state index in [1.165, 1.54) is 22.7 Å². The van der Waals surface area contributed by atoms with Crippen molar-refractivity contribution in [2.75, 3.05) is 12.8 Å². The minimum absolute atomic E-state index is 0.0986. The van der Waals surface area contributed by atoms with Crippen molar-refractivity contribution in [2.45, 2.75) is 6.54 Å². The van der Waals surface area contributed by atoms with Gasteiger partial charge in [-0.05, 0) is 12.1 Å². The Hall–Kier alpha value is -1.99. The van der Waals surface area contributed by atoms with Crippen LogP contribution in [-0.4, -0.2) is 27.8 Å². The third-order valence-electron chi connectivity index (χ3n) is 2.91. The summed E-state index contributed by atoms with van der Waals surface area (Å²) in [4.78, 5) is 23.0. The molecule has 1 amide bonds. The molecule has 5 nitrogen and oxygen atoms in total. The van der Waals surface area contributed by atoms with E-state index in [2.05, 4.69) is 9.97 Å². The topological polar surface area (TPSA) is 72.1 Å². The average molecular weight is 304 g/mol. The van der Waals surface area contributed by atoms with Gasteiger partial charge in [0.15, 0.2) is 0 Å². The number of carbonyl (C=O) groups excluding carboxylic acids is 1. The van der Waals surface area contributed by atoms with Crippen LogP contribution in [0.25, 0.3) is 10.2 Å². The molecule has 0 spiro atoms. The van der Waals surface area contributed by atoms with Gasteiger partial charge in [0.25, 0.3) is 5.91 Å². The maximum Gasteiger partial charge on any atom is 0.266 e. The highest BCUT2D eigenvalue weighted by Crippen LogP contribution is 2.32. The second kappa shape index (κ2) is 5.18. The number of nitrogen functional groups attached to an aromatic ring is 1. The number of carbonyl (C=O) groups is 1. The number of nitrogens with two attached hydrogens (primary N) is 1. The van der Waals surface area contributed by atoms with Crippen LogP contribution in [0, 0.1) is 0 Å². The van der Waals surface area contributed by atoms with E-state index in [0.29, 0.717) is 22.6 Å². The summed E-state index contributed by atoms with van der Waals surface area (Å²) in [5, 5.41) is 1.93. The minimum atomic E-state index is -0.0986. The molecule has 0 aliphatic heterocycles. The summed E-state index contributed by atoms with van der Waals surface area (Å²) in [5.41, 5.74) is 9.83. The first-order chi connectivity index (χ1) is 9.66. The van der Waals surface area contributed by atoms with Gasteiger partial charge in [0, 0.05) is 18.6 Å². The number of hydrogen-bond acceptors (Lipinski definition) is 6. The zero-order chi connectivity index (χ0) is 14.1. The molecule has 0 atom stereocenters. The first kappa shape index (κ1) is 13.0. The number of anilines is 1. The molecule has 0 saturated heterocycles. The van der Waals surface area contributed by atoms with Gasteiger partial charge in [-0.3, -0.25) is 9.78 Å². The van der Waals surface area contributed by atoms with Crippen molar-refractivity contribution in [3.05, 3.63) is 39.8 Å². The van der Waals surface area contributed by atoms with Gasteiger partial charge in [-0.1, -0.05) is 0 Å². The number of nitrogens with zero attached hydrogens (tertiary/aromatic N) is 3. The van der Waals surface area contributed by atoms with Crippen LogP contribution >= 0.6 is 22.7 Å². The molecule has 0 aromatic carbocycles. The monoisotopic (exact) mass is 304 g/mol. The molecule has 3 aromatic rings. The number of rotatable bonds is 3. The van der Waals surface area contributed by atoms with E-state index in [-0.39, 0.29) is 5.91 Å². The van der Waals surface area contributed by atoms with Crippen molar-refractivity contribution in [3.63, 3.8) is 0 Å². The van der Waals surface area contributed by atoms with Crippen LogP contribution < -0.4 is 5.73 Å². The van der Waals surface area contributed by atoms with E-state index >= 15 is 0 Å². The molecule has 0 fully saturated rings. The summed E-state index contributed by atoms with van der Waals surface area (Å²) in [6, 6.07) is 3.76. The van der Waals surface area contributed by atoms with E-state index < -0.39 is 0 Å². The van der Waals surface area contributed by atoms with Gasteiger partial charge in [-0.25, -0.2) is 4.98 Å². The third-order valence-corrected chi connectivity index (χ3v) is 4.69. The zero-order valence-electron chi connectivity index (χ0n) is 10.7. The molecule has 2 N–H and O–H groups in total. The second-order valence-corrected chi connectivity index (χ2v) is 6.11. The lowest BCUT2D eigenvalue weighted by Gasteiger charge is -2.15. The Kier molecular flexibility index (Phi) is 3.37. The fraction of sp³-hybridized carbons (Fsp3) is 0.154. The lowest BCUT2D eigenvalue weighted by molar-refractivity contribution is 0.0789. The number of hydrogen-bond donors (Lipinski definition) is 1. The molecule has 0 radical (unpaired) electrons. The van der Waals surface area contributed by atoms with Crippen molar-refractivity contribution in [1.82, 2.24) is 14.9 Å². The van der Waals surface area contributed by atoms with Gasteiger partial charge in [0.05, 0.1) is 28.1 Å². The fourth-order valence-corrected chi connectivity index (χ4v) is 3.54. The van der Waals surface area contributed by atoms with Gasteiger partial charge >= 0.3 is 0 Å². The molecule has 7 heteroatoms. The quantitative estimate of drug-likeness (QED) is 0.807. The summed E-state index contributed by atoms with van der Waals surface area (Å²) in [6.07, 6.45) is 1.68. The number of fused-ring (bicyclic) bond motifs is 1. The number of thiazole rings is 1. The second-order valence-electron chi connectivity index (χ2n) is 4.34. The molecule has 0 bridgehead atoms. The lowest BCUT2D eigenvalue weighted by atomic mass is 10.3. The van der Waals surface area contributed by atoms with Crippen molar-refractivity contribution in [1.29, 1.82) is 0 Å². The lowest BCUT2D eigenvalue weighted by Crippen LogP contribution is -2.26. The minimum Gasteiger partial charge on any atom is -0.396 e. The molecule has 20 heavy (non-hydrogen) atoms. The van der Waals surface area contributed by atoms with Gasteiger partial charge in [0.1, 0.15) is 10.4 Å². The van der Waals surface area contributed by atoms with E-state index in [9.17, 15) is 4.79 Å². The molecule has 0 aliphatic carbocycles. The van der Waals surface area contributed by atoms with Crippen LogP contribution in [0.3, 0.4) is 0 Å².